The summed E-state index contributed by atoms with van der Waals surface area (Å²) in [5.74, 6) is -0.532. The Hall–Kier alpha value is -2.36. The summed E-state index contributed by atoms with van der Waals surface area (Å²) in [5.41, 5.74) is 1.20. The molecule has 1 aliphatic rings. The molecule has 0 radical (unpaired) electrons. The molecule has 126 valence electrons. The fraction of sp³-hybridized carbons (Fsp3) is 0.400. The van der Waals surface area contributed by atoms with E-state index in [1.807, 2.05) is 26.0 Å². The third kappa shape index (κ3) is 3.42. The lowest BCUT2D eigenvalue weighted by molar-refractivity contribution is -0.139. The lowest BCUT2D eigenvalue weighted by atomic mass is 10.0. The molecule has 24 heavy (non-hydrogen) atoms. The van der Waals surface area contributed by atoms with Gasteiger partial charge < -0.3 is 10.0 Å². The van der Waals surface area contributed by atoms with Crippen LogP contribution in [0.15, 0.2) is 42.5 Å². The molecule has 1 amide bonds. The topological polar surface area (TPSA) is 57.6 Å². The Labute approximate surface area is 142 Å². The first kappa shape index (κ1) is 16.5. The number of benzene rings is 2. The van der Waals surface area contributed by atoms with E-state index in [0.29, 0.717) is 0 Å². The largest absolute Gasteiger partial charge is 0.481 e. The summed E-state index contributed by atoms with van der Waals surface area (Å²) < 4.78 is 0. The molecule has 4 heteroatoms. The van der Waals surface area contributed by atoms with E-state index in [1.165, 1.54) is 16.3 Å². The first-order chi connectivity index (χ1) is 11.5. The average molecular weight is 325 g/mol. The number of aliphatic carboxylic acids is 1. The summed E-state index contributed by atoms with van der Waals surface area (Å²) in [6.07, 6.45) is 0.852. The molecule has 2 aromatic rings. The zero-order valence-electron chi connectivity index (χ0n) is 14.1. The van der Waals surface area contributed by atoms with Crippen molar-refractivity contribution in [2.75, 3.05) is 6.54 Å². The number of carboxylic acids is 1. The Balaban J connectivity index is 1.72. The van der Waals surface area contributed by atoms with Crippen molar-refractivity contribution in [3.63, 3.8) is 0 Å². The maximum atomic E-state index is 12.7. The number of hydrogen-bond acceptors (Lipinski definition) is 2. The Morgan fingerprint density at radius 3 is 2.54 bits per heavy atom. The van der Waals surface area contributed by atoms with Crippen molar-refractivity contribution in [2.24, 2.45) is 5.92 Å². The van der Waals surface area contributed by atoms with Gasteiger partial charge in [-0.3, -0.25) is 9.59 Å². The fourth-order valence-corrected chi connectivity index (χ4v) is 3.33. The molecule has 2 unspecified atom stereocenters. The number of carbonyl (C=O) groups excluding carboxylic acids is 1. The molecule has 0 saturated heterocycles. The van der Waals surface area contributed by atoms with Crippen LogP contribution in [0.3, 0.4) is 0 Å². The quantitative estimate of drug-likeness (QED) is 0.882. The van der Waals surface area contributed by atoms with Crippen LogP contribution in [-0.4, -0.2) is 34.5 Å². The minimum Gasteiger partial charge on any atom is -0.481 e. The Morgan fingerprint density at radius 2 is 1.88 bits per heavy atom. The van der Waals surface area contributed by atoms with Gasteiger partial charge in [0.05, 0.1) is 6.42 Å². The van der Waals surface area contributed by atoms with Crippen LogP contribution in [0, 0.1) is 5.92 Å². The van der Waals surface area contributed by atoms with Gasteiger partial charge in [0, 0.05) is 18.5 Å². The molecule has 0 heterocycles. The van der Waals surface area contributed by atoms with Gasteiger partial charge in [0.1, 0.15) is 0 Å². The maximum Gasteiger partial charge on any atom is 0.305 e. The summed E-state index contributed by atoms with van der Waals surface area (Å²) >= 11 is 0. The predicted octanol–water partition coefficient (Wildman–Crippen LogP) is 3.66. The van der Waals surface area contributed by atoms with Crippen molar-refractivity contribution in [1.82, 2.24) is 4.90 Å². The minimum absolute atomic E-state index is 0.00270. The molecule has 4 nitrogen and oxygen atoms in total. The van der Waals surface area contributed by atoms with Crippen LogP contribution >= 0.6 is 0 Å². The fourth-order valence-electron chi connectivity index (χ4n) is 3.33. The molecular weight excluding hydrogens is 302 g/mol. The van der Waals surface area contributed by atoms with Crippen LogP contribution < -0.4 is 0 Å². The Morgan fingerprint density at radius 1 is 1.17 bits per heavy atom. The average Bonchev–Trinajstić information content (AvgIpc) is 3.34. The summed E-state index contributed by atoms with van der Waals surface area (Å²) in [6, 6.07) is 14.6. The minimum atomic E-state index is -0.865. The van der Waals surface area contributed by atoms with Crippen molar-refractivity contribution in [3.8, 4) is 0 Å². The van der Waals surface area contributed by atoms with Gasteiger partial charge in [0.25, 0.3) is 0 Å². The number of amides is 1. The summed E-state index contributed by atoms with van der Waals surface area (Å²) in [4.78, 5) is 25.3. The van der Waals surface area contributed by atoms with E-state index in [1.54, 1.807) is 4.90 Å². The first-order valence-corrected chi connectivity index (χ1v) is 8.48. The van der Waals surface area contributed by atoms with Gasteiger partial charge in [-0.15, -0.1) is 0 Å². The second-order valence-electron chi connectivity index (χ2n) is 6.82. The molecule has 0 bridgehead atoms. The van der Waals surface area contributed by atoms with Crippen LogP contribution in [-0.2, 0) is 9.59 Å². The van der Waals surface area contributed by atoms with Crippen LogP contribution in [0.2, 0.25) is 0 Å². The smallest absolute Gasteiger partial charge is 0.305 e. The zero-order valence-corrected chi connectivity index (χ0v) is 14.1. The number of nitrogens with zero attached hydrogens (tertiary/aromatic N) is 1. The van der Waals surface area contributed by atoms with Crippen LogP contribution in [0.25, 0.3) is 10.8 Å². The van der Waals surface area contributed by atoms with Crippen molar-refractivity contribution in [2.45, 2.75) is 38.6 Å². The highest BCUT2D eigenvalue weighted by atomic mass is 16.4. The van der Waals surface area contributed by atoms with E-state index >= 15 is 0 Å². The van der Waals surface area contributed by atoms with E-state index in [-0.39, 0.29) is 36.8 Å². The number of rotatable bonds is 6. The molecule has 0 aliphatic heterocycles. The molecule has 1 N–H and O–H groups in total. The molecule has 2 atom stereocenters. The van der Waals surface area contributed by atoms with E-state index in [0.717, 1.165) is 6.42 Å². The van der Waals surface area contributed by atoms with Crippen LogP contribution in [0.1, 0.15) is 38.2 Å². The highest BCUT2D eigenvalue weighted by molar-refractivity contribution is 5.86. The number of carboxylic acid groups (broad SMARTS) is 1. The number of carbonyl (C=O) groups is 2. The van der Waals surface area contributed by atoms with Gasteiger partial charge >= 0.3 is 5.97 Å². The van der Waals surface area contributed by atoms with Crippen LogP contribution in [0.4, 0.5) is 0 Å². The van der Waals surface area contributed by atoms with Gasteiger partial charge in [-0.05, 0) is 42.5 Å². The van der Waals surface area contributed by atoms with E-state index in [9.17, 15) is 9.59 Å². The Kier molecular flexibility index (Phi) is 4.56. The van der Waals surface area contributed by atoms with Gasteiger partial charge in [0.2, 0.25) is 5.91 Å². The van der Waals surface area contributed by atoms with E-state index in [2.05, 4.69) is 30.3 Å². The lowest BCUT2D eigenvalue weighted by Gasteiger charge is -2.26. The van der Waals surface area contributed by atoms with Gasteiger partial charge in [-0.2, -0.15) is 0 Å². The normalized spacial score (nSPS) is 19.5. The number of fused-ring (bicyclic) bond motifs is 1. The third-order valence-electron chi connectivity index (χ3n) is 4.78. The summed E-state index contributed by atoms with van der Waals surface area (Å²) in [7, 11) is 0. The monoisotopic (exact) mass is 325 g/mol. The van der Waals surface area contributed by atoms with Crippen molar-refractivity contribution < 1.29 is 14.7 Å². The second-order valence-corrected chi connectivity index (χ2v) is 6.82. The molecule has 1 saturated carbocycles. The standard InChI is InChI=1S/C20H23NO3/c1-13(2)21(10-9-19(22)23)20(24)18-12-17(18)16-8-7-14-5-3-4-6-15(14)11-16/h3-8,11,13,17-18H,9-10,12H2,1-2H3,(H,22,23). The zero-order chi connectivity index (χ0) is 17.3. The third-order valence-corrected chi connectivity index (χ3v) is 4.78. The van der Waals surface area contributed by atoms with Crippen molar-refractivity contribution in [1.29, 1.82) is 0 Å². The Bertz CT molecular complexity index is 768. The van der Waals surface area contributed by atoms with Gasteiger partial charge in [-0.1, -0.05) is 42.5 Å². The molecule has 1 aliphatic carbocycles. The van der Waals surface area contributed by atoms with Crippen molar-refractivity contribution >= 4 is 22.6 Å². The molecule has 3 rings (SSSR count). The molecular formula is C20H23NO3. The SMILES string of the molecule is CC(C)N(CCC(=O)O)C(=O)C1CC1c1ccc2ccccc2c1. The highest BCUT2D eigenvalue weighted by Crippen LogP contribution is 2.49. The molecule has 0 aromatic heterocycles. The highest BCUT2D eigenvalue weighted by Gasteiger charge is 2.46. The van der Waals surface area contributed by atoms with Gasteiger partial charge in [-0.25, -0.2) is 0 Å². The van der Waals surface area contributed by atoms with E-state index in [4.69, 9.17) is 5.11 Å². The molecule has 1 fully saturated rings. The van der Waals surface area contributed by atoms with Gasteiger partial charge in [0.15, 0.2) is 0 Å². The summed E-state index contributed by atoms with van der Waals surface area (Å²) in [5, 5.41) is 11.3. The lowest BCUT2D eigenvalue weighted by Crippen LogP contribution is -2.39. The summed E-state index contributed by atoms with van der Waals surface area (Å²) in [6.45, 7) is 4.16. The van der Waals surface area contributed by atoms with E-state index < -0.39 is 5.97 Å². The van der Waals surface area contributed by atoms with Crippen molar-refractivity contribution in [3.05, 3.63) is 48.0 Å². The first-order valence-electron chi connectivity index (χ1n) is 8.48. The molecule has 2 aromatic carbocycles. The molecule has 0 spiro atoms. The number of hydrogen-bond donors (Lipinski definition) is 1. The van der Waals surface area contributed by atoms with Crippen LogP contribution in [0.5, 0.6) is 0 Å². The predicted molar refractivity (Wildman–Crippen MR) is 93.9 cm³/mol. The maximum absolute atomic E-state index is 12.7. The second kappa shape index (κ2) is 6.63.